The molecule has 3 N–H and O–H groups in total. The third-order valence-electron chi connectivity index (χ3n) is 3.82. The van der Waals surface area contributed by atoms with E-state index in [0.29, 0.717) is 6.61 Å². The molecule has 0 bridgehead atoms. The number of ether oxygens (including phenoxy) is 2. The third-order valence-corrected chi connectivity index (χ3v) is 3.82. The Balaban J connectivity index is 2.12. The van der Waals surface area contributed by atoms with Gasteiger partial charge in [-0.3, -0.25) is 0 Å². The SMILES string of the molecule is CCCCCCCCCO[C@@H]1[C@@H](O)[C@H](O)CO[C@H]1CO. The van der Waals surface area contributed by atoms with E-state index in [2.05, 4.69) is 6.92 Å². The normalized spacial score (nSPS) is 30.6. The summed E-state index contributed by atoms with van der Waals surface area (Å²) in [6, 6.07) is 0. The van der Waals surface area contributed by atoms with E-state index < -0.39 is 24.4 Å². The van der Waals surface area contributed by atoms with Crippen LogP contribution >= 0.6 is 0 Å². The van der Waals surface area contributed by atoms with Gasteiger partial charge in [0.15, 0.2) is 0 Å². The first kappa shape index (κ1) is 17.9. The molecule has 1 fully saturated rings. The Morgan fingerprint density at radius 3 is 2.35 bits per heavy atom. The molecule has 0 aromatic rings. The molecule has 0 radical (unpaired) electrons. The summed E-state index contributed by atoms with van der Waals surface area (Å²) in [6.07, 6.45) is 5.28. The van der Waals surface area contributed by atoms with Crippen molar-refractivity contribution in [2.24, 2.45) is 0 Å². The lowest BCUT2D eigenvalue weighted by atomic mass is 10.0. The van der Waals surface area contributed by atoms with Gasteiger partial charge in [-0.25, -0.2) is 0 Å². The Hall–Kier alpha value is -0.200. The van der Waals surface area contributed by atoms with Crippen LogP contribution < -0.4 is 0 Å². The fourth-order valence-electron chi connectivity index (χ4n) is 2.50. The van der Waals surface area contributed by atoms with Crippen LogP contribution in [-0.2, 0) is 9.47 Å². The molecule has 0 saturated carbocycles. The molecule has 0 spiro atoms. The molecule has 1 aliphatic heterocycles. The van der Waals surface area contributed by atoms with Crippen molar-refractivity contribution in [2.75, 3.05) is 19.8 Å². The zero-order chi connectivity index (χ0) is 14.8. The Morgan fingerprint density at radius 1 is 1.05 bits per heavy atom. The van der Waals surface area contributed by atoms with Gasteiger partial charge in [-0.1, -0.05) is 45.4 Å². The summed E-state index contributed by atoms with van der Waals surface area (Å²) in [5.74, 6) is 0. The van der Waals surface area contributed by atoms with Crippen LogP contribution in [0.25, 0.3) is 0 Å². The predicted molar refractivity (Wildman–Crippen MR) is 76.6 cm³/mol. The Labute approximate surface area is 121 Å². The first-order chi connectivity index (χ1) is 9.70. The predicted octanol–water partition coefficient (Wildman–Crippen LogP) is 1.24. The van der Waals surface area contributed by atoms with Crippen LogP contribution in [0.3, 0.4) is 0 Å². The quantitative estimate of drug-likeness (QED) is 0.528. The van der Waals surface area contributed by atoms with Crippen LogP contribution in [0.2, 0.25) is 0 Å². The van der Waals surface area contributed by atoms with E-state index >= 15 is 0 Å². The number of aliphatic hydroxyl groups excluding tert-OH is 3. The van der Waals surface area contributed by atoms with Gasteiger partial charge in [-0.2, -0.15) is 0 Å². The summed E-state index contributed by atoms with van der Waals surface area (Å²) in [5.41, 5.74) is 0. The standard InChI is InChI=1S/C15H30O5/c1-2-3-4-5-6-7-8-9-19-15-13(10-16)20-11-12(17)14(15)18/h12-18H,2-11H2,1H3/t12-,13+,14+,15+/m1/s1. The van der Waals surface area contributed by atoms with Gasteiger partial charge in [-0.15, -0.1) is 0 Å². The topological polar surface area (TPSA) is 79.2 Å². The highest BCUT2D eigenvalue weighted by Crippen LogP contribution is 2.19. The molecule has 0 unspecified atom stereocenters. The molecule has 1 aliphatic rings. The molecule has 5 heteroatoms. The monoisotopic (exact) mass is 290 g/mol. The summed E-state index contributed by atoms with van der Waals surface area (Å²) in [5, 5.41) is 28.6. The van der Waals surface area contributed by atoms with Gasteiger partial charge < -0.3 is 24.8 Å². The van der Waals surface area contributed by atoms with Crippen LogP contribution in [-0.4, -0.2) is 59.6 Å². The van der Waals surface area contributed by atoms with Crippen molar-refractivity contribution < 1.29 is 24.8 Å². The highest BCUT2D eigenvalue weighted by molar-refractivity contribution is 4.87. The van der Waals surface area contributed by atoms with Crippen molar-refractivity contribution in [2.45, 2.75) is 76.3 Å². The molecule has 5 nitrogen and oxygen atoms in total. The largest absolute Gasteiger partial charge is 0.394 e. The maximum Gasteiger partial charge on any atom is 0.114 e. The zero-order valence-electron chi connectivity index (χ0n) is 12.5. The van der Waals surface area contributed by atoms with Crippen LogP contribution in [0, 0.1) is 0 Å². The minimum absolute atomic E-state index is 0.0453. The van der Waals surface area contributed by atoms with E-state index in [-0.39, 0.29) is 13.2 Å². The Bertz CT molecular complexity index is 234. The molecule has 4 atom stereocenters. The second-order valence-corrected chi connectivity index (χ2v) is 5.57. The molecule has 1 rings (SSSR count). The van der Waals surface area contributed by atoms with Crippen molar-refractivity contribution >= 4 is 0 Å². The van der Waals surface area contributed by atoms with Crippen molar-refractivity contribution in [1.29, 1.82) is 0 Å². The maximum atomic E-state index is 9.87. The number of unbranched alkanes of at least 4 members (excludes halogenated alkanes) is 6. The fraction of sp³-hybridized carbons (Fsp3) is 1.00. The van der Waals surface area contributed by atoms with Crippen LogP contribution in [0.4, 0.5) is 0 Å². The summed E-state index contributed by atoms with van der Waals surface area (Å²) in [6.45, 7) is 2.58. The van der Waals surface area contributed by atoms with Gasteiger partial charge in [0.2, 0.25) is 0 Å². The zero-order valence-corrected chi connectivity index (χ0v) is 12.5. The minimum Gasteiger partial charge on any atom is -0.394 e. The molecule has 120 valence electrons. The molecule has 1 saturated heterocycles. The second kappa shape index (κ2) is 10.5. The fourth-order valence-corrected chi connectivity index (χ4v) is 2.50. The lowest BCUT2D eigenvalue weighted by Gasteiger charge is -2.37. The van der Waals surface area contributed by atoms with Crippen LogP contribution in [0.5, 0.6) is 0 Å². The van der Waals surface area contributed by atoms with Gasteiger partial charge in [0.05, 0.1) is 13.2 Å². The molecule has 1 heterocycles. The van der Waals surface area contributed by atoms with E-state index in [9.17, 15) is 15.3 Å². The highest BCUT2D eigenvalue weighted by Gasteiger charge is 2.39. The average Bonchev–Trinajstić information content (AvgIpc) is 2.46. The average molecular weight is 290 g/mol. The summed E-state index contributed by atoms with van der Waals surface area (Å²) >= 11 is 0. The van der Waals surface area contributed by atoms with Crippen molar-refractivity contribution in [3.8, 4) is 0 Å². The van der Waals surface area contributed by atoms with Gasteiger partial charge >= 0.3 is 0 Å². The van der Waals surface area contributed by atoms with Crippen molar-refractivity contribution in [3.05, 3.63) is 0 Å². The number of rotatable bonds is 10. The first-order valence-corrected chi connectivity index (χ1v) is 7.90. The van der Waals surface area contributed by atoms with Gasteiger partial charge in [-0.05, 0) is 6.42 Å². The molecule has 0 aromatic heterocycles. The van der Waals surface area contributed by atoms with Crippen molar-refractivity contribution in [3.63, 3.8) is 0 Å². The number of hydrogen-bond donors (Lipinski definition) is 3. The molecule has 0 aliphatic carbocycles. The van der Waals surface area contributed by atoms with E-state index in [0.717, 1.165) is 12.8 Å². The number of aliphatic hydroxyl groups is 3. The minimum atomic E-state index is -0.981. The van der Waals surface area contributed by atoms with Gasteiger partial charge in [0, 0.05) is 6.61 Å². The van der Waals surface area contributed by atoms with E-state index in [1.165, 1.54) is 32.1 Å². The number of hydrogen-bond acceptors (Lipinski definition) is 5. The molecule has 20 heavy (non-hydrogen) atoms. The third kappa shape index (κ3) is 6.06. The van der Waals surface area contributed by atoms with Gasteiger partial charge in [0.1, 0.15) is 24.4 Å². The summed E-state index contributed by atoms with van der Waals surface area (Å²) in [4.78, 5) is 0. The van der Waals surface area contributed by atoms with Crippen LogP contribution in [0.15, 0.2) is 0 Å². The smallest absolute Gasteiger partial charge is 0.114 e. The van der Waals surface area contributed by atoms with E-state index in [4.69, 9.17) is 9.47 Å². The lowest BCUT2D eigenvalue weighted by molar-refractivity contribution is -0.211. The second-order valence-electron chi connectivity index (χ2n) is 5.57. The summed E-state index contributed by atoms with van der Waals surface area (Å²) in [7, 11) is 0. The van der Waals surface area contributed by atoms with Crippen LogP contribution in [0.1, 0.15) is 51.9 Å². The molecule has 0 aromatic carbocycles. The van der Waals surface area contributed by atoms with Gasteiger partial charge in [0.25, 0.3) is 0 Å². The Morgan fingerprint density at radius 2 is 1.70 bits per heavy atom. The first-order valence-electron chi connectivity index (χ1n) is 7.90. The Kier molecular flexibility index (Phi) is 9.39. The van der Waals surface area contributed by atoms with E-state index in [1.54, 1.807) is 0 Å². The summed E-state index contributed by atoms with van der Waals surface area (Å²) < 4.78 is 10.9. The molecule has 0 amide bonds. The van der Waals surface area contributed by atoms with Crippen molar-refractivity contribution in [1.82, 2.24) is 0 Å². The highest BCUT2D eigenvalue weighted by atomic mass is 16.6. The van der Waals surface area contributed by atoms with E-state index in [1.807, 2.05) is 0 Å². The molecular weight excluding hydrogens is 260 g/mol. The maximum absolute atomic E-state index is 9.87. The lowest BCUT2D eigenvalue weighted by Crippen LogP contribution is -2.55. The molecular formula is C15H30O5.